The molecule has 1 N–H and O–H groups in total. The molecule has 0 unspecified atom stereocenters. The van der Waals surface area contributed by atoms with Crippen molar-refractivity contribution in [3.8, 4) is 0 Å². The predicted octanol–water partition coefficient (Wildman–Crippen LogP) is 1.82. The molecule has 1 fully saturated rings. The highest BCUT2D eigenvalue weighted by atomic mass is 16.3. The SMILES string of the molecule is CN1CCC(c2cccnc2)(C(C)(C)O)CC1. The van der Waals surface area contributed by atoms with Gasteiger partial charge in [0.25, 0.3) is 0 Å². The number of likely N-dealkylation sites (tertiary alicyclic amines) is 1. The first kappa shape index (κ1) is 12.5. The highest BCUT2D eigenvalue weighted by molar-refractivity contribution is 5.27. The van der Waals surface area contributed by atoms with Gasteiger partial charge in [0.2, 0.25) is 0 Å². The molecular weight excluding hydrogens is 212 g/mol. The molecule has 0 aliphatic carbocycles. The van der Waals surface area contributed by atoms with Gasteiger partial charge >= 0.3 is 0 Å². The van der Waals surface area contributed by atoms with Crippen LogP contribution in [0, 0.1) is 0 Å². The second kappa shape index (κ2) is 4.39. The minimum atomic E-state index is -0.711. The van der Waals surface area contributed by atoms with Crippen molar-refractivity contribution in [2.45, 2.75) is 37.7 Å². The molecule has 0 spiro atoms. The minimum Gasteiger partial charge on any atom is -0.390 e. The molecule has 1 aliphatic heterocycles. The fourth-order valence-corrected chi connectivity index (χ4v) is 2.90. The maximum absolute atomic E-state index is 10.6. The standard InChI is InChI=1S/C14H22N2O/c1-13(2,17)14(6-9-16(3)10-7-14)12-5-4-8-15-11-12/h4-5,8,11,17H,6-7,9-10H2,1-3H3. The number of aromatic nitrogens is 1. The predicted molar refractivity (Wildman–Crippen MR) is 68.9 cm³/mol. The molecule has 0 bridgehead atoms. The van der Waals surface area contributed by atoms with Gasteiger partial charge in [0.15, 0.2) is 0 Å². The molecule has 3 heteroatoms. The van der Waals surface area contributed by atoms with Crippen LogP contribution in [0.4, 0.5) is 0 Å². The molecule has 1 aromatic heterocycles. The lowest BCUT2D eigenvalue weighted by Gasteiger charge is -2.48. The molecule has 17 heavy (non-hydrogen) atoms. The van der Waals surface area contributed by atoms with Crippen molar-refractivity contribution >= 4 is 0 Å². The zero-order valence-electron chi connectivity index (χ0n) is 11.0. The van der Waals surface area contributed by atoms with Crippen molar-refractivity contribution in [3.05, 3.63) is 30.1 Å². The summed E-state index contributed by atoms with van der Waals surface area (Å²) < 4.78 is 0. The highest BCUT2D eigenvalue weighted by Gasteiger charge is 2.46. The molecule has 0 amide bonds. The van der Waals surface area contributed by atoms with Crippen LogP contribution in [0.5, 0.6) is 0 Å². The highest BCUT2D eigenvalue weighted by Crippen LogP contribution is 2.43. The summed E-state index contributed by atoms with van der Waals surface area (Å²) in [5, 5.41) is 10.6. The fraction of sp³-hybridized carbons (Fsp3) is 0.643. The minimum absolute atomic E-state index is 0.159. The van der Waals surface area contributed by atoms with Crippen molar-refractivity contribution in [1.82, 2.24) is 9.88 Å². The van der Waals surface area contributed by atoms with Gasteiger partial charge in [-0.25, -0.2) is 0 Å². The lowest BCUT2D eigenvalue weighted by atomic mass is 9.63. The topological polar surface area (TPSA) is 36.4 Å². The lowest BCUT2D eigenvalue weighted by molar-refractivity contribution is -0.0363. The first-order valence-corrected chi connectivity index (χ1v) is 6.27. The molecule has 0 aromatic carbocycles. The van der Waals surface area contributed by atoms with Gasteiger partial charge < -0.3 is 10.0 Å². The Hall–Kier alpha value is -0.930. The van der Waals surface area contributed by atoms with Crippen LogP contribution < -0.4 is 0 Å². The molecule has 2 heterocycles. The summed E-state index contributed by atoms with van der Waals surface area (Å²) in [6.07, 6.45) is 5.66. The van der Waals surface area contributed by atoms with Crippen LogP contribution in [-0.4, -0.2) is 40.7 Å². The fourth-order valence-electron chi connectivity index (χ4n) is 2.90. The van der Waals surface area contributed by atoms with Crippen LogP contribution in [0.25, 0.3) is 0 Å². The Balaban J connectivity index is 2.39. The van der Waals surface area contributed by atoms with Crippen molar-refractivity contribution in [2.24, 2.45) is 0 Å². The Morgan fingerprint density at radius 1 is 1.35 bits per heavy atom. The molecule has 0 atom stereocenters. The molecule has 0 saturated carbocycles. The average Bonchev–Trinajstić information content (AvgIpc) is 2.30. The van der Waals surface area contributed by atoms with Gasteiger partial charge in [0.1, 0.15) is 0 Å². The molecule has 1 saturated heterocycles. The van der Waals surface area contributed by atoms with Gasteiger partial charge in [-0.3, -0.25) is 4.98 Å². The first-order valence-electron chi connectivity index (χ1n) is 6.27. The summed E-state index contributed by atoms with van der Waals surface area (Å²) in [6.45, 7) is 5.90. The van der Waals surface area contributed by atoms with E-state index in [0.717, 1.165) is 25.9 Å². The Labute approximate surface area is 103 Å². The summed E-state index contributed by atoms with van der Waals surface area (Å²) in [6, 6.07) is 4.05. The van der Waals surface area contributed by atoms with E-state index in [9.17, 15) is 5.11 Å². The van der Waals surface area contributed by atoms with Gasteiger partial charge in [0.05, 0.1) is 5.60 Å². The van der Waals surface area contributed by atoms with E-state index in [1.54, 1.807) is 6.20 Å². The van der Waals surface area contributed by atoms with E-state index in [1.807, 2.05) is 26.1 Å². The summed E-state index contributed by atoms with van der Waals surface area (Å²) in [7, 11) is 2.14. The maximum Gasteiger partial charge on any atom is 0.0689 e. The molecule has 3 nitrogen and oxygen atoms in total. The maximum atomic E-state index is 10.6. The van der Waals surface area contributed by atoms with Crippen LogP contribution in [0.15, 0.2) is 24.5 Å². The van der Waals surface area contributed by atoms with Gasteiger partial charge in [-0.05, 0) is 58.5 Å². The summed E-state index contributed by atoms with van der Waals surface area (Å²) in [5.74, 6) is 0. The van der Waals surface area contributed by atoms with Crippen LogP contribution >= 0.6 is 0 Å². The van der Waals surface area contributed by atoms with Crippen LogP contribution in [0.2, 0.25) is 0 Å². The Morgan fingerprint density at radius 3 is 2.47 bits per heavy atom. The van der Waals surface area contributed by atoms with Crippen LogP contribution in [0.1, 0.15) is 32.3 Å². The number of pyridine rings is 1. The third-order valence-electron chi connectivity index (χ3n) is 4.23. The summed E-state index contributed by atoms with van der Waals surface area (Å²) in [4.78, 5) is 6.53. The molecule has 1 aromatic rings. The van der Waals surface area contributed by atoms with E-state index in [4.69, 9.17) is 0 Å². The van der Waals surface area contributed by atoms with E-state index in [2.05, 4.69) is 23.0 Å². The molecular formula is C14H22N2O. The van der Waals surface area contributed by atoms with E-state index in [1.165, 1.54) is 5.56 Å². The number of nitrogens with zero attached hydrogens (tertiary/aromatic N) is 2. The Kier molecular flexibility index (Phi) is 3.23. The second-order valence-electron chi connectivity index (χ2n) is 5.69. The van der Waals surface area contributed by atoms with Crippen molar-refractivity contribution in [2.75, 3.05) is 20.1 Å². The number of aliphatic hydroxyl groups is 1. The van der Waals surface area contributed by atoms with Gasteiger partial charge in [-0.1, -0.05) is 6.07 Å². The average molecular weight is 234 g/mol. The third-order valence-corrected chi connectivity index (χ3v) is 4.23. The molecule has 94 valence electrons. The summed E-state index contributed by atoms with van der Waals surface area (Å²) in [5.41, 5.74) is 0.297. The lowest BCUT2D eigenvalue weighted by Crippen LogP contribution is -2.53. The number of hydrogen-bond acceptors (Lipinski definition) is 3. The number of rotatable bonds is 2. The monoisotopic (exact) mass is 234 g/mol. The van der Waals surface area contributed by atoms with Gasteiger partial charge in [-0.2, -0.15) is 0 Å². The quantitative estimate of drug-likeness (QED) is 0.848. The van der Waals surface area contributed by atoms with Gasteiger partial charge in [0, 0.05) is 17.8 Å². The van der Waals surface area contributed by atoms with Crippen molar-refractivity contribution in [3.63, 3.8) is 0 Å². The summed E-state index contributed by atoms with van der Waals surface area (Å²) >= 11 is 0. The number of hydrogen-bond donors (Lipinski definition) is 1. The largest absolute Gasteiger partial charge is 0.390 e. The van der Waals surface area contributed by atoms with Crippen molar-refractivity contribution < 1.29 is 5.11 Å². The van der Waals surface area contributed by atoms with E-state index < -0.39 is 5.60 Å². The molecule has 2 rings (SSSR count). The van der Waals surface area contributed by atoms with Gasteiger partial charge in [-0.15, -0.1) is 0 Å². The Bertz CT molecular complexity index is 362. The van der Waals surface area contributed by atoms with Crippen molar-refractivity contribution in [1.29, 1.82) is 0 Å². The number of piperidine rings is 1. The van der Waals surface area contributed by atoms with Crippen LogP contribution in [0.3, 0.4) is 0 Å². The first-order chi connectivity index (χ1) is 7.96. The second-order valence-corrected chi connectivity index (χ2v) is 5.69. The van der Waals surface area contributed by atoms with E-state index in [0.29, 0.717) is 0 Å². The third kappa shape index (κ3) is 2.22. The zero-order valence-corrected chi connectivity index (χ0v) is 11.0. The molecule has 0 radical (unpaired) electrons. The molecule has 1 aliphatic rings. The van der Waals surface area contributed by atoms with E-state index in [-0.39, 0.29) is 5.41 Å². The smallest absolute Gasteiger partial charge is 0.0689 e. The normalized spacial score (nSPS) is 21.4. The zero-order chi connectivity index (χ0) is 12.5. The Morgan fingerprint density at radius 2 is 2.00 bits per heavy atom. The van der Waals surface area contributed by atoms with E-state index >= 15 is 0 Å². The van der Waals surface area contributed by atoms with Crippen LogP contribution in [-0.2, 0) is 5.41 Å².